The average Bonchev–Trinajstić information content (AvgIpc) is 2.96. The molecule has 0 amide bonds. The van der Waals surface area contributed by atoms with Crippen molar-refractivity contribution < 1.29 is 0 Å². The quantitative estimate of drug-likeness (QED) is 0.637. The van der Waals surface area contributed by atoms with Crippen LogP contribution in [0.25, 0.3) is 0 Å². The first kappa shape index (κ1) is 16.9. The highest BCUT2D eigenvalue weighted by Gasteiger charge is 2.14. The highest BCUT2D eigenvalue weighted by molar-refractivity contribution is 5.64. The number of aromatic nitrogens is 2. The molecule has 1 N–H and O–H groups in total. The Morgan fingerprint density at radius 2 is 1.72 bits per heavy atom. The molecule has 25 heavy (non-hydrogen) atoms. The van der Waals surface area contributed by atoms with Crippen LogP contribution < -0.4 is 4.90 Å². The van der Waals surface area contributed by atoms with E-state index in [1.807, 2.05) is 45.2 Å². The Hall–Kier alpha value is -2.95. The Labute approximate surface area is 148 Å². The maximum atomic E-state index is 4.44. The second-order valence-electron chi connectivity index (χ2n) is 6.39. The molecule has 0 fully saturated rings. The third-order valence-electron chi connectivity index (χ3n) is 4.09. The van der Waals surface area contributed by atoms with Gasteiger partial charge in [0.15, 0.2) is 11.5 Å². The van der Waals surface area contributed by atoms with E-state index in [2.05, 4.69) is 56.5 Å². The van der Waals surface area contributed by atoms with Crippen molar-refractivity contribution in [2.24, 2.45) is 10.2 Å². The molecule has 0 aliphatic rings. The highest BCUT2D eigenvalue weighted by atomic mass is 15.3. The van der Waals surface area contributed by atoms with E-state index in [4.69, 9.17) is 0 Å². The molecule has 0 atom stereocenters. The summed E-state index contributed by atoms with van der Waals surface area (Å²) in [7, 11) is 2.03. The lowest BCUT2D eigenvalue weighted by Crippen LogP contribution is -2.16. The monoisotopic (exact) mass is 333 g/mol. The second-order valence-corrected chi connectivity index (χ2v) is 6.39. The van der Waals surface area contributed by atoms with Crippen LogP contribution >= 0.6 is 0 Å². The van der Waals surface area contributed by atoms with Crippen LogP contribution in [0.5, 0.6) is 0 Å². The Kier molecular flexibility index (Phi) is 4.93. The van der Waals surface area contributed by atoms with E-state index in [1.54, 1.807) is 0 Å². The number of aryl methyl sites for hydroxylation is 3. The fraction of sp³-hybridized carbons (Fsp3) is 0.250. The molecule has 0 aliphatic carbocycles. The number of hydrogen-bond acceptors (Lipinski definition) is 4. The lowest BCUT2D eigenvalue weighted by Gasteiger charge is -2.17. The number of anilines is 1. The molecule has 1 aromatic heterocycles. The number of H-pyrrole nitrogens is 1. The van der Waals surface area contributed by atoms with Gasteiger partial charge in [-0.1, -0.05) is 42.0 Å². The maximum Gasteiger partial charge on any atom is 0.152 e. The van der Waals surface area contributed by atoms with E-state index >= 15 is 0 Å². The third-order valence-corrected chi connectivity index (χ3v) is 4.09. The first-order valence-electron chi connectivity index (χ1n) is 8.33. The van der Waals surface area contributed by atoms with Crippen molar-refractivity contribution in [3.8, 4) is 0 Å². The number of nitrogens with one attached hydrogen (secondary N) is 1. The Morgan fingerprint density at radius 1 is 0.960 bits per heavy atom. The molecule has 5 nitrogen and oxygen atoms in total. The van der Waals surface area contributed by atoms with E-state index in [9.17, 15) is 0 Å². The molecule has 0 saturated heterocycles. The zero-order valence-corrected chi connectivity index (χ0v) is 15.1. The van der Waals surface area contributed by atoms with Crippen molar-refractivity contribution in [1.29, 1.82) is 0 Å². The molecule has 0 unspecified atom stereocenters. The first-order chi connectivity index (χ1) is 12.0. The fourth-order valence-corrected chi connectivity index (χ4v) is 2.64. The molecule has 1 heterocycles. The first-order valence-corrected chi connectivity index (χ1v) is 8.33. The number of azo groups is 1. The second kappa shape index (κ2) is 7.30. The van der Waals surface area contributed by atoms with Gasteiger partial charge >= 0.3 is 0 Å². The molecule has 0 spiro atoms. The Bertz CT molecular complexity index is 877. The molecular formula is C20H23N5. The van der Waals surface area contributed by atoms with Crippen LogP contribution in [0.1, 0.15) is 22.4 Å². The van der Waals surface area contributed by atoms with Gasteiger partial charge < -0.3 is 4.90 Å². The molecule has 0 bridgehead atoms. The Morgan fingerprint density at radius 3 is 2.44 bits per heavy atom. The van der Waals surface area contributed by atoms with Crippen molar-refractivity contribution in [3.63, 3.8) is 0 Å². The zero-order chi connectivity index (χ0) is 17.8. The lowest BCUT2D eigenvalue weighted by atomic mass is 10.1. The topological polar surface area (TPSA) is 56.6 Å². The van der Waals surface area contributed by atoms with Crippen molar-refractivity contribution in [1.82, 2.24) is 10.2 Å². The smallest absolute Gasteiger partial charge is 0.152 e. The summed E-state index contributed by atoms with van der Waals surface area (Å²) in [6.45, 7) is 6.84. The van der Waals surface area contributed by atoms with Gasteiger partial charge in [0.2, 0.25) is 0 Å². The molecule has 2 aromatic carbocycles. The fourth-order valence-electron chi connectivity index (χ4n) is 2.64. The predicted octanol–water partition coefficient (Wildman–Crippen LogP) is 5.39. The minimum absolute atomic E-state index is 0.773. The summed E-state index contributed by atoms with van der Waals surface area (Å²) in [6, 6.07) is 16.5. The summed E-state index contributed by atoms with van der Waals surface area (Å²) < 4.78 is 0. The van der Waals surface area contributed by atoms with E-state index < -0.39 is 0 Å². The van der Waals surface area contributed by atoms with Gasteiger partial charge in [0.25, 0.3) is 0 Å². The summed E-state index contributed by atoms with van der Waals surface area (Å²) in [5, 5.41) is 16.2. The highest BCUT2D eigenvalue weighted by Crippen LogP contribution is 2.31. The third kappa shape index (κ3) is 4.12. The van der Waals surface area contributed by atoms with Gasteiger partial charge in [-0.2, -0.15) is 10.2 Å². The summed E-state index contributed by atoms with van der Waals surface area (Å²) in [4.78, 5) is 2.11. The van der Waals surface area contributed by atoms with Crippen LogP contribution in [0.4, 0.5) is 17.2 Å². The molecule has 128 valence electrons. The van der Waals surface area contributed by atoms with Crippen molar-refractivity contribution in [2.45, 2.75) is 27.3 Å². The van der Waals surface area contributed by atoms with Crippen molar-refractivity contribution in [2.75, 3.05) is 11.9 Å². The van der Waals surface area contributed by atoms with Gasteiger partial charge in [0.05, 0.1) is 11.4 Å². The van der Waals surface area contributed by atoms with Gasteiger partial charge in [0.1, 0.15) is 0 Å². The number of hydrogen-bond donors (Lipinski definition) is 1. The van der Waals surface area contributed by atoms with Gasteiger partial charge in [-0.25, -0.2) is 0 Å². The van der Waals surface area contributed by atoms with E-state index in [0.717, 1.165) is 35.0 Å². The van der Waals surface area contributed by atoms with Crippen LogP contribution in [-0.4, -0.2) is 17.2 Å². The van der Waals surface area contributed by atoms with Gasteiger partial charge in [-0.05, 0) is 44.0 Å². The summed E-state index contributed by atoms with van der Waals surface area (Å²) in [5.74, 6) is 0.870. The minimum Gasteiger partial charge on any atom is -0.354 e. The minimum atomic E-state index is 0.773. The van der Waals surface area contributed by atoms with E-state index in [1.165, 1.54) is 11.1 Å². The normalized spacial score (nSPS) is 11.2. The summed E-state index contributed by atoms with van der Waals surface area (Å²) >= 11 is 0. The number of rotatable bonds is 5. The average molecular weight is 333 g/mol. The van der Waals surface area contributed by atoms with Crippen LogP contribution in [0.15, 0.2) is 58.8 Å². The number of nitrogens with zero attached hydrogens (tertiary/aromatic N) is 4. The summed E-state index contributed by atoms with van der Waals surface area (Å²) in [5.41, 5.74) is 6.11. The van der Waals surface area contributed by atoms with Gasteiger partial charge in [-0.15, -0.1) is 5.11 Å². The number of benzene rings is 2. The SMILES string of the molecule is Cc1ccc(CN(C)c2[nH]nc(C)c2/N=N/c2cccc(C)c2)cc1. The molecule has 0 radical (unpaired) electrons. The zero-order valence-electron chi connectivity index (χ0n) is 15.1. The Balaban J connectivity index is 1.82. The van der Waals surface area contributed by atoms with E-state index in [0.29, 0.717) is 0 Å². The molecular weight excluding hydrogens is 310 g/mol. The largest absolute Gasteiger partial charge is 0.354 e. The molecule has 0 saturated carbocycles. The molecule has 5 heteroatoms. The van der Waals surface area contributed by atoms with Crippen molar-refractivity contribution in [3.05, 3.63) is 70.9 Å². The van der Waals surface area contributed by atoms with Crippen LogP contribution in [0, 0.1) is 20.8 Å². The molecule has 3 aromatic rings. The van der Waals surface area contributed by atoms with Crippen LogP contribution in [0.2, 0.25) is 0 Å². The standard InChI is InChI=1S/C20H23N5/c1-14-8-10-17(11-9-14)13-25(4)20-19(16(3)21-24-20)23-22-18-7-5-6-15(2)12-18/h5-12H,13H2,1-4H3,(H,21,24)/b23-22+. The van der Waals surface area contributed by atoms with E-state index in [-0.39, 0.29) is 0 Å². The van der Waals surface area contributed by atoms with Crippen LogP contribution in [0.3, 0.4) is 0 Å². The van der Waals surface area contributed by atoms with Crippen molar-refractivity contribution >= 4 is 17.2 Å². The maximum absolute atomic E-state index is 4.44. The predicted molar refractivity (Wildman–Crippen MR) is 102 cm³/mol. The summed E-state index contributed by atoms with van der Waals surface area (Å²) in [6.07, 6.45) is 0. The molecule has 0 aliphatic heterocycles. The van der Waals surface area contributed by atoms with Gasteiger partial charge in [-0.3, -0.25) is 5.10 Å². The van der Waals surface area contributed by atoms with Gasteiger partial charge in [0, 0.05) is 13.6 Å². The molecule has 3 rings (SSSR count). The lowest BCUT2D eigenvalue weighted by molar-refractivity contribution is 0.884. The number of aromatic amines is 1. The van der Waals surface area contributed by atoms with Crippen LogP contribution in [-0.2, 0) is 6.54 Å².